The lowest BCUT2D eigenvalue weighted by atomic mass is 9.92. The second-order valence-electron chi connectivity index (χ2n) is 9.17. The van der Waals surface area contributed by atoms with E-state index in [0.29, 0.717) is 57.3 Å². The van der Waals surface area contributed by atoms with Crippen LogP contribution in [0.15, 0.2) is 41.3 Å². The number of aromatic nitrogens is 2. The van der Waals surface area contributed by atoms with E-state index in [1.54, 1.807) is 6.20 Å². The molecule has 4 heterocycles. The minimum Gasteiger partial charge on any atom is -0.486 e. The zero-order valence-corrected chi connectivity index (χ0v) is 20.4. The predicted molar refractivity (Wildman–Crippen MR) is 131 cm³/mol. The number of carbonyl (C=O) groups excluding carboxylic acids is 1. The van der Waals surface area contributed by atoms with Gasteiger partial charge in [0.1, 0.15) is 24.8 Å². The van der Waals surface area contributed by atoms with Crippen LogP contribution in [0.1, 0.15) is 12.1 Å². The van der Waals surface area contributed by atoms with Gasteiger partial charge in [-0.1, -0.05) is 0 Å². The Kier molecular flexibility index (Phi) is 7.33. The molecule has 0 amide bonds. The molecule has 9 nitrogen and oxygen atoms in total. The van der Waals surface area contributed by atoms with Crippen molar-refractivity contribution in [2.45, 2.75) is 25.6 Å². The predicted octanol–water partition coefficient (Wildman–Crippen LogP) is 2.10. The Balaban J connectivity index is 1.25. The number of halogens is 2. The zero-order valence-electron chi connectivity index (χ0n) is 20.4. The lowest BCUT2D eigenvalue weighted by molar-refractivity contribution is -0.148. The highest BCUT2D eigenvalue weighted by molar-refractivity contribution is 5.79. The molecule has 0 radical (unpaired) electrons. The summed E-state index contributed by atoms with van der Waals surface area (Å²) in [5.41, 5.74) is 0.633. The number of benzene rings is 1. The average Bonchev–Trinajstić information content (AvgIpc) is 2.91. The number of likely N-dealkylation sites (tertiary alicyclic amines) is 1. The lowest BCUT2D eigenvalue weighted by Gasteiger charge is -2.37. The smallest absolute Gasteiger partial charge is 0.311 e. The monoisotopic (exact) mass is 514 g/mol. The quantitative estimate of drug-likeness (QED) is 0.479. The average molecular weight is 515 g/mol. The second kappa shape index (κ2) is 10.8. The molecule has 0 bridgehead atoms. The van der Waals surface area contributed by atoms with Gasteiger partial charge in [-0.2, -0.15) is 0 Å². The number of hydrogen-bond acceptors (Lipinski definition) is 8. The summed E-state index contributed by atoms with van der Waals surface area (Å²) in [6.07, 6.45) is 2.30. The number of nitrogens with one attached hydrogen (secondary N) is 1. The number of hydrogen-bond donors (Lipinski definition) is 1. The number of rotatable bonds is 7. The fourth-order valence-electron chi connectivity index (χ4n) is 4.97. The van der Waals surface area contributed by atoms with Crippen molar-refractivity contribution >= 4 is 16.9 Å². The fourth-order valence-corrected chi connectivity index (χ4v) is 4.97. The standard InChI is InChI=1S/C26H28F2N4O5/c1-35-26(34)19-15-31(6-7-32-22-11-16(27)10-20(28)18(22)2-3-25(32)33)5-4-21(19)30-13-17-12-23-24(14-29-17)37-9-8-36-23/h2-3,10-12,14,19,21,30H,4-9,13,15H2,1H3/t19-,21-/m1/s1. The van der Waals surface area contributed by atoms with Crippen molar-refractivity contribution in [3.05, 3.63) is 64.2 Å². The highest BCUT2D eigenvalue weighted by Crippen LogP contribution is 2.29. The van der Waals surface area contributed by atoms with Gasteiger partial charge in [0.05, 0.1) is 30.4 Å². The van der Waals surface area contributed by atoms with Crippen LogP contribution in [0, 0.1) is 17.6 Å². The third-order valence-corrected chi connectivity index (χ3v) is 6.89. The first-order valence-corrected chi connectivity index (χ1v) is 12.2. The van der Waals surface area contributed by atoms with E-state index in [4.69, 9.17) is 14.2 Å². The molecular weight excluding hydrogens is 486 g/mol. The number of methoxy groups -OCH3 is 1. The van der Waals surface area contributed by atoms with Crippen molar-refractivity contribution in [2.75, 3.05) is 40.0 Å². The molecule has 0 unspecified atom stereocenters. The zero-order chi connectivity index (χ0) is 25.9. The van der Waals surface area contributed by atoms with Crippen molar-refractivity contribution in [3.8, 4) is 11.5 Å². The normalized spacial score (nSPS) is 19.6. The fraction of sp³-hybridized carbons (Fsp3) is 0.423. The summed E-state index contributed by atoms with van der Waals surface area (Å²) in [7, 11) is 1.36. The number of carbonyl (C=O) groups is 1. The molecule has 5 rings (SSSR count). The summed E-state index contributed by atoms with van der Waals surface area (Å²) < 4.78 is 45.6. The Bertz CT molecular complexity index is 1360. The van der Waals surface area contributed by atoms with E-state index in [1.165, 1.54) is 29.9 Å². The van der Waals surface area contributed by atoms with Crippen LogP contribution in [0.3, 0.4) is 0 Å². The second-order valence-corrected chi connectivity index (χ2v) is 9.17. The Morgan fingerprint density at radius 2 is 1.97 bits per heavy atom. The Hall–Kier alpha value is -3.57. The summed E-state index contributed by atoms with van der Waals surface area (Å²) in [5.74, 6) is -0.949. The van der Waals surface area contributed by atoms with Crippen LogP contribution >= 0.6 is 0 Å². The van der Waals surface area contributed by atoms with E-state index in [0.717, 1.165) is 11.8 Å². The molecule has 1 aromatic carbocycles. The topological polar surface area (TPSA) is 94.9 Å². The van der Waals surface area contributed by atoms with Crippen molar-refractivity contribution in [1.29, 1.82) is 0 Å². The first-order chi connectivity index (χ1) is 17.9. The van der Waals surface area contributed by atoms with Gasteiger partial charge in [0.15, 0.2) is 11.5 Å². The van der Waals surface area contributed by atoms with E-state index in [9.17, 15) is 18.4 Å². The van der Waals surface area contributed by atoms with Gasteiger partial charge in [0.2, 0.25) is 0 Å². The third kappa shape index (κ3) is 5.42. The Labute approximate surface area is 211 Å². The number of piperidine rings is 1. The molecule has 0 spiro atoms. The SMILES string of the molecule is COC(=O)[C@@H]1CN(CCn2c(=O)ccc3c(F)cc(F)cc32)CC[C@H]1NCc1cc2c(cn1)OCCO2. The highest BCUT2D eigenvalue weighted by Gasteiger charge is 2.35. The largest absolute Gasteiger partial charge is 0.486 e. The number of pyridine rings is 2. The van der Waals surface area contributed by atoms with Gasteiger partial charge in [-0.3, -0.25) is 14.6 Å². The highest BCUT2D eigenvalue weighted by atomic mass is 19.1. The van der Waals surface area contributed by atoms with Crippen molar-refractivity contribution in [3.63, 3.8) is 0 Å². The summed E-state index contributed by atoms with van der Waals surface area (Å²) >= 11 is 0. The molecule has 2 aliphatic rings. The molecule has 3 aromatic rings. The summed E-state index contributed by atoms with van der Waals surface area (Å²) in [6, 6.07) is 6.31. The van der Waals surface area contributed by atoms with E-state index >= 15 is 0 Å². The molecule has 37 heavy (non-hydrogen) atoms. The first kappa shape index (κ1) is 25.1. The summed E-state index contributed by atoms with van der Waals surface area (Å²) in [5, 5.41) is 3.61. The molecular formula is C26H28F2N4O5. The van der Waals surface area contributed by atoms with Crippen molar-refractivity contribution in [1.82, 2.24) is 19.8 Å². The third-order valence-electron chi connectivity index (χ3n) is 6.89. The molecule has 2 atom stereocenters. The van der Waals surface area contributed by atoms with Crippen molar-refractivity contribution < 1.29 is 27.8 Å². The number of ether oxygens (including phenoxy) is 3. The van der Waals surface area contributed by atoms with Gasteiger partial charge < -0.3 is 29.0 Å². The van der Waals surface area contributed by atoms with Gasteiger partial charge in [-0.25, -0.2) is 8.78 Å². The summed E-state index contributed by atoms with van der Waals surface area (Å²) in [6.45, 7) is 3.17. The van der Waals surface area contributed by atoms with Gasteiger partial charge in [-0.05, 0) is 25.1 Å². The van der Waals surface area contributed by atoms with Crippen LogP contribution in [-0.2, 0) is 22.6 Å². The number of fused-ring (bicyclic) bond motifs is 2. The number of nitrogens with zero attached hydrogens (tertiary/aromatic N) is 3. The Morgan fingerprint density at radius 1 is 1.16 bits per heavy atom. The lowest BCUT2D eigenvalue weighted by Crippen LogP contribution is -2.53. The van der Waals surface area contributed by atoms with Gasteiger partial charge >= 0.3 is 5.97 Å². The molecule has 1 saturated heterocycles. The maximum Gasteiger partial charge on any atom is 0.311 e. The van der Waals surface area contributed by atoms with Crippen molar-refractivity contribution in [2.24, 2.45) is 5.92 Å². The summed E-state index contributed by atoms with van der Waals surface area (Å²) in [4.78, 5) is 31.6. The van der Waals surface area contributed by atoms with Gasteiger partial charge in [0, 0.05) is 55.8 Å². The minimum atomic E-state index is -0.741. The Morgan fingerprint density at radius 3 is 2.78 bits per heavy atom. The van der Waals surface area contributed by atoms with E-state index in [1.807, 2.05) is 6.07 Å². The molecule has 196 valence electrons. The van der Waals surface area contributed by atoms with E-state index < -0.39 is 17.6 Å². The maximum absolute atomic E-state index is 14.2. The molecule has 1 fully saturated rings. The maximum atomic E-state index is 14.2. The van der Waals surface area contributed by atoms with Gasteiger partial charge in [-0.15, -0.1) is 0 Å². The van der Waals surface area contributed by atoms with Crippen LogP contribution in [0.25, 0.3) is 10.9 Å². The minimum absolute atomic E-state index is 0.137. The van der Waals surface area contributed by atoms with Gasteiger partial charge in [0.25, 0.3) is 5.56 Å². The van der Waals surface area contributed by atoms with Crippen LogP contribution < -0.4 is 20.3 Å². The molecule has 11 heteroatoms. The molecule has 1 N–H and O–H groups in total. The van der Waals surface area contributed by atoms with Crippen LogP contribution in [0.2, 0.25) is 0 Å². The van der Waals surface area contributed by atoms with Crippen LogP contribution in [0.5, 0.6) is 11.5 Å². The molecule has 0 aliphatic carbocycles. The van der Waals surface area contributed by atoms with E-state index in [-0.39, 0.29) is 35.0 Å². The number of esters is 1. The molecule has 0 saturated carbocycles. The molecule has 2 aliphatic heterocycles. The first-order valence-electron chi connectivity index (χ1n) is 12.2. The van der Waals surface area contributed by atoms with Crippen LogP contribution in [-0.4, -0.2) is 66.4 Å². The van der Waals surface area contributed by atoms with E-state index in [2.05, 4.69) is 15.2 Å². The molecule has 2 aromatic heterocycles. The van der Waals surface area contributed by atoms with Crippen LogP contribution in [0.4, 0.5) is 8.78 Å².